The van der Waals surface area contributed by atoms with Crippen LogP contribution in [0, 0.1) is 35.5 Å². The number of carbonyl (C=O) groups is 2. The quantitative estimate of drug-likeness (QED) is 0.649. The van der Waals surface area contributed by atoms with Crippen molar-refractivity contribution in [3.05, 3.63) is 47.5 Å². The monoisotopic (exact) mass is 503 g/mol. The average molecular weight is 504 g/mol. The van der Waals surface area contributed by atoms with Gasteiger partial charge >= 0.3 is 5.97 Å². The van der Waals surface area contributed by atoms with Gasteiger partial charge in [0.05, 0.1) is 12.6 Å². The van der Waals surface area contributed by atoms with Gasteiger partial charge in [0.25, 0.3) is 0 Å². The number of rotatable bonds is 3. The van der Waals surface area contributed by atoms with Gasteiger partial charge < -0.3 is 14.6 Å². The van der Waals surface area contributed by atoms with Crippen molar-refractivity contribution in [1.82, 2.24) is 5.06 Å². The number of fused-ring (bicyclic) bond motifs is 7. The highest BCUT2D eigenvalue weighted by Crippen LogP contribution is 2.72. The van der Waals surface area contributed by atoms with Gasteiger partial charge in [0.2, 0.25) is 0 Å². The van der Waals surface area contributed by atoms with Crippen molar-refractivity contribution in [2.45, 2.75) is 70.1 Å². The van der Waals surface area contributed by atoms with E-state index in [0.717, 1.165) is 11.8 Å². The Morgan fingerprint density at radius 3 is 2.67 bits per heavy atom. The molecule has 194 valence electrons. The van der Waals surface area contributed by atoms with Crippen LogP contribution in [0.3, 0.4) is 0 Å². The molecule has 2 N–H and O–H groups in total. The van der Waals surface area contributed by atoms with Crippen LogP contribution >= 0.6 is 0 Å². The van der Waals surface area contributed by atoms with E-state index in [1.165, 1.54) is 12.2 Å². The van der Waals surface area contributed by atoms with Crippen LogP contribution in [0.15, 0.2) is 40.4 Å². The Balaban J connectivity index is 1.39. The van der Waals surface area contributed by atoms with Gasteiger partial charge in [-0.25, -0.2) is 13.6 Å². The zero-order chi connectivity index (χ0) is 25.8. The van der Waals surface area contributed by atoms with Crippen molar-refractivity contribution in [2.75, 3.05) is 6.54 Å². The minimum Gasteiger partial charge on any atom is -0.479 e. The van der Waals surface area contributed by atoms with E-state index in [9.17, 15) is 19.8 Å². The molecule has 9 heteroatoms. The molecule has 36 heavy (non-hydrogen) atoms. The summed E-state index contributed by atoms with van der Waals surface area (Å²) >= 11 is 0. The maximum atomic E-state index is 17.3. The van der Waals surface area contributed by atoms with Crippen molar-refractivity contribution in [3.63, 3.8) is 0 Å². The molecule has 1 aromatic heterocycles. The Morgan fingerprint density at radius 2 is 2.00 bits per heavy atom. The van der Waals surface area contributed by atoms with Gasteiger partial charge in [0.15, 0.2) is 17.1 Å². The molecule has 0 aromatic carbocycles. The summed E-state index contributed by atoms with van der Waals surface area (Å²) in [6.07, 6.45) is 0.626. The summed E-state index contributed by atoms with van der Waals surface area (Å²) in [4.78, 5) is 31.1. The van der Waals surface area contributed by atoms with E-state index in [1.807, 2.05) is 19.1 Å². The van der Waals surface area contributed by atoms with Gasteiger partial charge in [-0.15, -0.1) is 0 Å². The summed E-state index contributed by atoms with van der Waals surface area (Å²) < 4.78 is 38.5. The first kappa shape index (κ1) is 24.0. The molecule has 3 saturated carbocycles. The number of furan rings is 1. The fraction of sp³-hybridized carbons (Fsp3) is 0.630. The Hall–Kier alpha value is -2.36. The van der Waals surface area contributed by atoms with Crippen LogP contribution < -0.4 is 0 Å². The number of carbonyl (C=O) groups excluding carboxylic acids is 1. The van der Waals surface area contributed by atoms with E-state index in [1.54, 1.807) is 18.9 Å². The maximum absolute atomic E-state index is 17.3. The topological polar surface area (TPSA) is 100 Å². The third-order valence-corrected chi connectivity index (χ3v) is 10.1. The number of aryl methyl sites for hydroxylation is 1. The van der Waals surface area contributed by atoms with Crippen molar-refractivity contribution in [1.29, 1.82) is 0 Å². The first-order valence-electron chi connectivity index (χ1n) is 12.6. The Kier molecular flexibility index (Phi) is 4.91. The van der Waals surface area contributed by atoms with Crippen LogP contribution in [0.1, 0.15) is 44.6 Å². The van der Waals surface area contributed by atoms with E-state index in [0.29, 0.717) is 18.7 Å². The summed E-state index contributed by atoms with van der Waals surface area (Å²) in [6.45, 7) is 5.67. The lowest BCUT2D eigenvalue weighted by molar-refractivity contribution is -0.276. The summed E-state index contributed by atoms with van der Waals surface area (Å²) in [5.74, 6) is -2.12. The number of aliphatic hydroxyl groups is 1. The lowest BCUT2D eigenvalue weighted by Crippen LogP contribution is -2.70. The molecule has 0 amide bonds. The van der Waals surface area contributed by atoms with Crippen LogP contribution in [-0.2, 0) is 21.0 Å². The summed E-state index contributed by atoms with van der Waals surface area (Å²) in [7, 11) is 0. The van der Waals surface area contributed by atoms with E-state index in [4.69, 9.17) is 9.25 Å². The number of alkyl halides is 2. The number of carboxylic acid groups (broad SMARTS) is 1. The van der Waals surface area contributed by atoms with Gasteiger partial charge in [-0.3, -0.25) is 9.63 Å². The van der Waals surface area contributed by atoms with Crippen LogP contribution in [0.4, 0.5) is 8.78 Å². The predicted molar refractivity (Wildman–Crippen MR) is 123 cm³/mol. The van der Waals surface area contributed by atoms with E-state index >= 15 is 8.78 Å². The van der Waals surface area contributed by atoms with Gasteiger partial charge in [-0.05, 0) is 68.9 Å². The molecule has 7 nitrogen and oxygen atoms in total. The largest absolute Gasteiger partial charge is 0.479 e. The van der Waals surface area contributed by atoms with E-state index < -0.39 is 63.9 Å². The first-order chi connectivity index (χ1) is 16.9. The number of allylic oxidation sites excluding steroid dienone is 4. The molecule has 5 aliphatic rings. The highest BCUT2D eigenvalue weighted by atomic mass is 19.1. The van der Waals surface area contributed by atoms with Gasteiger partial charge in [0.1, 0.15) is 17.7 Å². The predicted octanol–water partition coefficient (Wildman–Crippen LogP) is 3.70. The highest BCUT2D eigenvalue weighted by molar-refractivity contribution is 6.01. The molecular formula is C27H31F2NO6. The number of halogens is 2. The second-order valence-electron chi connectivity index (χ2n) is 11.8. The molecule has 0 bridgehead atoms. The first-order valence-corrected chi connectivity index (χ1v) is 12.6. The third kappa shape index (κ3) is 2.71. The molecular weight excluding hydrogens is 472 g/mol. The molecule has 1 aliphatic heterocycles. The van der Waals surface area contributed by atoms with Crippen molar-refractivity contribution >= 4 is 11.8 Å². The molecule has 2 heterocycles. The molecule has 4 aliphatic carbocycles. The van der Waals surface area contributed by atoms with Crippen molar-refractivity contribution in [3.8, 4) is 0 Å². The molecule has 6 rings (SSSR count). The normalized spacial score (nSPS) is 47.7. The molecule has 4 fully saturated rings. The molecule has 9 atom stereocenters. The lowest BCUT2D eigenvalue weighted by Gasteiger charge is -2.62. The number of hydrogen-bond donors (Lipinski definition) is 2. The fourth-order valence-corrected chi connectivity index (χ4v) is 8.52. The number of carboxylic acids is 1. The molecule has 0 radical (unpaired) electrons. The van der Waals surface area contributed by atoms with Crippen LogP contribution in [0.2, 0.25) is 0 Å². The SMILES string of the molecule is Cc1ccc(CN2C[C@@H]3C[C@H]4[C@@H]5C[C@H](F)C6=CC(=O)C=C[C@]6(C)[C@@]5(F)[C@@H](O)C[C@]4(C)[C@]3(C(=O)O)O2)o1. The molecule has 1 aromatic rings. The summed E-state index contributed by atoms with van der Waals surface area (Å²) in [5.41, 5.74) is -6.50. The number of aliphatic hydroxyl groups excluding tert-OH is 1. The Bertz CT molecular complexity index is 1210. The van der Waals surface area contributed by atoms with Gasteiger partial charge in [0, 0.05) is 29.2 Å². The van der Waals surface area contributed by atoms with Gasteiger partial charge in [-0.1, -0.05) is 13.0 Å². The number of ketones is 1. The number of hydroxylamine groups is 2. The lowest BCUT2D eigenvalue weighted by atomic mass is 9.44. The Morgan fingerprint density at radius 1 is 1.25 bits per heavy atom. The van der Waals surface area contributed by atoms with E-state index in [2.05, 4.69) is 0 Å². The van der Waals surface area contributed by atoms with E-state index in [-0.39, 0.29) is 25.0 Å². The standard InChI is InChI=1S/C27H31F2NO6/c1-14-4-5-17(35-14)13-30-12-15-8-18-19-10-21(28)20-9-16(31)6-7-24(20,2)26(19,29)22(32)11-25(18,3)27(15,36-30)23(33)34/h4-7,9,15,18-19,21-22,32H,8,10-13H2,1-3H3,(H,33,34)/t15-,18-,19-,21-,22-,24-,25-,26-,27-/m0/s1. The van der Waals surface area contributed by atoms with Gasteiger partial charge in [-0.2, -0.15) is 5.06 Å². The second-order valence-corrected chi connectivity index (χ2v) is 11.8. The molecule has 0 spiro atoms. The minimum absolute atomic E-state index is 0.0544. The number of hydrogen-bond acceptors (Lipinski definition) is 6. The zero-order valence-corrected chi connectivity index (χ0v) is 20.5. The van der Waals surface area contributed by atoms with Crippen molar-refractivity contribution in [2.24, 2.45) is 28.6 Å². The average Bonchev–Trinajstić information content (AvgIpc) is 3.44. The van der Waals surface area contributed by atoms with Crippen LogP contribution in [-0.4, -0.2) is 57.1 Å². The Labute approximate surface area is 207 Å². The van der Waals surface area contributed by atoms with Crippen LogP contribution in [0.5, 0.6) is 0 Å². The van der Waals surface area contributed by atoms with Crippen molar-refractivity contribution < 1.29 is 37.8 Å². The zero-order valence-electron chi connectivity index (χ0n) is 20.5. The van der Waals surface area contributed by atoms with Crippen LogP contribution in [0.25, 0.3) is 0 Å². The smallest absolute Gasteiger partial charge is 0.339 e. The summed E-state index contributed by atoms with van der Waals surface area (Å²) in [5, 5.41) is 23.6. The molecule has 0 unspecified atom stereocenters. The third-order valence-electron chi connectivity index (χ3n) is 10.1. The minimum atomic E-state index is -2.24. The summed E-state index contributed by atoms with van der Waals surface area (Å²) in [6, 6.07) is 3.63. The number of nitrogens with zero attached hydrogens (tertiary/aromatic N) is 1. The fourth-order valence-electron chi connectivity index (χ4n) is 8.52. The highest BCUT2D eigenvalue weighted by Gasteiger charge is 2.80. The molecule has 1 saturated heterocycles. The maximum Gasteiger partial charge on any atom is 0.339 e. The second kappa shape index (κ2) is 7.36. The number of aliphatic carboxylic acids is 1.